The second-order valence-corrected chi connectivity index (χ2v) is 1.28. The van der Waals surface area contributed by atoms with Crippen LogP contribution in [0.5, 0.6) is 0 Å². The van der Waals surface area contributed by atoms with Crippen molar-refractivity contribution in [2.45, 2.75) is 13.3 Å². The first-order chi connectivity index (χ1) is 3.33. The lowest BCUT2D eigenvalue weighted by Gasteiger charge is -1.89. The third kappa shape index (κ3) is 107. The molecule has 0 fully saturated rings. The Balaban J connectivity index is 0. The predicted octanol–water partition coefficient (Wildman–Crippen LogP) is -1.43. The fourth-order valence-corrected chi connectivity index (χ4v) is 0. The Morgan fingerprint density at radius 3 is 1.57 bits per heavy atom. The van der Waals surface area contributed by atoms with Crippen molar-refractivity contribution >= 4 is 0 Å². The van der Waals surface area contributed by atoms with Crippen LogP contribution in [0, 0.1) is 0 Å². The molecule has 7 heavy (non-hydrogen) atoms. The highest BCUT2D eigenvalue weighted by molar-refractivity contribution is 4.07. The van der Waals surface area contributed by atoms with Gasteiger partial charge in [-0.15, -0.1) is 6.61 Å². The summed E-state index contributed by atoms with van der Waals surface area (Å²) in [7, 11) is 4.00. The first kappa shape index (κ1) is 10.0. The smallest absolute Gasteiger partial charge is 0.0647 e. The Labute approximate surface area is 45.5 Å². The van der Waals surface area contributed by atoms with E-state index >= 15 is 0 Å². The van der Waals surface area contributed by atoms with E-state index in [1.165, 1.54) is 0 Å². The molecule has 0 aromatic carbocycles. The summed E-state index contributed by atoms with van der Waals surface area (Å²) in [6.07, 6.45) is 0.764. The van der Waals surface area contributed by atoms with Gasteiger partial charge < -0.3 is 10.4 Å². The molecule has 2 heteroatoms. The van der Waals surface area contributed by atoms with Gasteiger partial charge in [0.2, 0.25) is 0 Å². The minimum absolute atomic E-state index is 0.0694. The number of quaternary nitrogens is 1. The average Bonchev–Trinajstić information content (AvgIpc) is 1.69. The summed E-state index contributed by atoms with van der Waals surface area (Å²) in [6, 6.07) is 0. The quantitative estimate of drug-likeness (QED) is 0.436. The molecule has 0 aliphatic carbocycles. The minimum atomic E-state index is 0.0694. The molecule has 0 rings (SSSR count). The van der Waals surface area contributed by atoms with Gasteiger partial charge in [-0.05, 0) is 0 Å². The minimum Gasteiger partial charge on any atom is -0.854 e. The lowest BCUT2D eigenvalue weighted by atomic mass is 10.5. The number of rotatable bonds is 1. The topological polar surface area (TPSA) is 39.7 Å². The SMILES string of the molecule is CCC[O-].C[NH2+]C. The van der Waals surface area contributed by atoms with Crippen LogP contribution in [-0.2, 0) is 0 Å². The van der Waals surface area contributed by atoms with Crippen LogP contribution in [0.15, 0.2) is 0 Å². The first-order valence-corrected chi connectivity index (χ1v) is 2.65. The van der Waals surface area contributed by atoms with E-state index in [4.69, 9.17) is 0 Å². The Morgan fingerprint density at radius 1 is 1.43 bits per heavy atom. The molecular formula is C5H15NO. The molecular weight excluding hydrogens is 90.1 g/mol. The average molecular weight is 105 g/mol. The molecule has 2 nitrogen and oxygen atoms in total. The normalized spacial score (nSPS) is 6.86. The zero-order valence-electron chi connectivity index (χ0n) is 5.40. The summed E-state index contributed by atoms with van der Waals surface area (Å²) in [5.74, 6) is 0. The van der Waals surface area contributed by atoms with Crippen molar-refractivity contribution in [3.63, 3.8) is 0 Å². The second-order valence-electron chi connectivity index (χ2n) is 1.28. The Bertz CT molecular complexity index is 15.6. The molecule has 0 saturated carbocycles. The zero-order valence-corrected chi connectivity index (χ0v) is 5.40. The summed E-state index contributed by atoms with van der Waals surface area (Å²) in [5.41, 5.74) is 0. The summed E-state index contributed by atoms with van der Waals surface area (Å²) < 4.78 is 0. The summed E-state index contributed by atoms with van der Waals surface area (Å²) in [4.78, 5) is 0. The van der Waals surface area contributed by atoms with Gasteiger partial charge in [-0.2, -0.15) is 0 Å². The molecule has 0 bridgehead atoms. The van der Waals surface area contributed by atoms with E-state index in [0.717, 1.165) is 6.42 Å². The molecule has 0 unspecified atom stereocenters. The van der Waals surface area contributed by atoms with Crippen molar-refractivity contribution in [3.8, 4) is 0 Å². The molecule has 0 heterocycles. The summed E-state index contributed by atoms with van der Waals surface area (Å²) >= 11 is 0. The van der Waals surface area contributed by atoms with Crippen molar-refractivity contribution in [2.24, 2.45) is 0 Å². The van der Waals surface area contributed by atoms with E-state index in [0.29, 0.717) is 0 Å². The van der Waals surface area contributed by atoms with Crippen molar-refractivity contribution in [3.05, 3.63) is 0 Å². The van der Waals surface area contributed by atoms with E-state index < -0.39 is 0 Å². The van der Waals surface area contributed by atoms with Crippen LogP contribution < -0.4 is 10.4 Å². The molecule has 0 radical (unpaired) electrons. The van der Waals surface area contributed by atoms with Crippen molar-refractivity contribution in [1.29, 1.82) is 0 Å². The standard InChI is InChI=1S/C3H7O.C2H7N/c1-2-3-4;1-3-2/h2-3H2,1H3;3H,1-2H3/q-1;/p+1. The van der Waals surface area contributed by atoms with Gasteiger partial charge in [-0.25, -0.2) is 0 Å². The van der Waals surface area contributed by atoms with Crippen molar-refractivity contribution < 1.29 is 10.4 Å². The predicted molar refractivity (Wildman–Crippen MR) is 28.9 cm³/mol. The van der Waals surface area contributed by atoms with E-state index in [1.54, 1.807) is 0 Å². The van der Waals surface area contributed by atoms with Crippen LogP contribution in [0.4, 0.5) is 0 Å². The highest BCUT2D eigenvalue weighted by atomic mass is 16.2. The van der Waals surface area contributed by atoms with Crippen LogP contribution in [0.1, 0.15) is 13.3 Å². The van der Waals surface area contributed by atoms with Gasteiger partial charge in [-0.1, -0.05) is 13.3 Å². The number of nitrogens with two attached hydrogens (primary N) is 1. The third-order valence-electron chi connectivity index (χ3n) is 0.204. The molecule has 0 saturated heterocycles. The Morgan fingerprint density at radius 2 is 1.57 bits per heavy atom. The van der Waals surface area contributed by atoms with E-state index in [9.17, 15) is 5.11 Å². The van der Waals surface area contributed by atoms with Crippen LogP contribution in [0.25, 0.3) is 0 Å². The van der Waals surface area contributed by atoms with Gasteiger partial charge in [0.1, 0.15) is 0 Å². The van der Waals surface area contributed by atoms with Gasteiger partial charge in [0.25, 0.3) is 0 Å². The number of hydrogen-bond acceptors (Lipinski definition) is 1. The summed E-state index contributed by atoms with van der Waals surface area (Å²) in [5, 5.41) is 11.3. The molecule has 0 aliphatic heterocycles. The van der Waals surface area contributed by atoms with E-state index in [1.807, 2.05) is 26.3 Å². The zero-order chi connectivity index (χ0) is 6.12. The molecule has 0 aromatic rings. The van der Waals surface area contributed by atoms with Crippen LogP contribution in [-0.4, -0.2) is 20.7 Å². The maximum absolute atomic E-state index is 9.30. The monoisotopic (exact) mass is 105 g/mol. The van der Waals surface area contributed by atoms with Gasteiger partial charge >= 0.3 is 0 Å². The lowest BCUT2D eigenvalue weighted by molar-refractivity contribution is -0.597. The summed E-state index contributed by atoms with van der Waals surface area (Å²) in [6.45, 7) is 1.94. The van der Waals surface area contributed by atoms with Gasteiger partial charge in [0.15, 0.2) is 0 Å². The lowest BCUT2D eigenvalue weighted by Crippen LogP contribution is -2.74. The molecule has 0 spiro atoms. The molecule has 0 aromatic heterocycles. The maximum atomic E-state index is 9.30. The first-order valence-electron chi connectivity index (χ1n) is 2.65. The van der Waals surface area contributed by atoms with Crippen LogP contribution >= 0.6 is 0 Å². The molecule has 46 valence electrons. The highest BCUT2D eigenvalue weighted by Gasteiger charge is 1.45. The number of hydrogen-bond donors (Lipinski definition) is 1. The largest absolute Gasteiger partial charge is 0.854 e. The van der Waals surface area contributed by atoms with Crippen molar-refractivity contribution in [1.82, 2.24) is 0 Å². The van der Waals surface area contributed by atoms with E-state index in [-0.39, 0.29) is 6.61 Å². The highest BCUT2D eigenvalue weighted by Crippen LogP contribution is 1.56. The maximum Gasteiger partial charge on any atom is 0.0647 e. The second kappa shape index (κ2) is 16.8. The van der Waals surface area contributed by atoms with Gasteiger partial charge in [0.05, 0.1) is 14.1 Å². The van der Waals surface area contributed by atoms with Crippen LogP contribution in [0.2, 0.25) is 0 Å². The van der Waals surface area contributed by atoms with Crippen molar-refractivity contribution in [2.75, 3.05) is 20.7 Å². The molecule has 2 N–H and O–H groups in total. The third-order valence-corrected chi connectivity index (χ3v) is 0.204. The fraction of sp³-hybridized carbons (Fsp3) is 1.00. The fourth-order valence-electron chi connectivity index (χ4n) is 0. The Hall–Kier alpha value is -0.0800. The molecule has 0 aliphatic rings. The molecule has 0 amide bonds. The van der Waals surface area contributed by atoms with Gasteiger partial charge in [-0.3, -0.25) is 0 Å². The van der Waals surface area contributed by atoms with E-state index in [2.05, 4.69) is 0 Å². The van der Waals surface area contributed by atoms with Gasteiger partial charge in [0, 0.05) is 0 Å². The molecule has 0 atom stereocenters. The Kier molecular flexibility index (Phi) is 24.1. The van der Waals surface area contributed by atoms with Crippen LogP contribution in [0.3, 0.4) is 0 Å².